The van der Waals surface area contributed by atoms with Gasteiger partial charge in [0, 0.05) is 25.0 Å². The summed E-state index contributed by atoms with van der Waals surface area (Å²) in [4.78, 5) is 50.3. The van der Waals surface area contributed by atoms with E-state index >= 15 is 0 Å². The number of hydrogen-bond acceptors (Lipinski definition) is 5. The number of alkyl carbamates (subject to hydrolysis) is 1. The van der Waals surface area contributed by atoms with E-state index in [0.29, 0.717) is 0 Å². The van der Waals surface area contributed by atoms with Crippen LogP contribution in [0.4, 0.5) is 4.79 Å². The first-order chi connectivity index (χ1) is 16.8. The molecule has 0 saturated carbocycles. The van der Waals surface area contributed by atoms with Crippen molar-refractivity contribution in [1.29, 1.82) is 0 Å². The molecule has 4 rings (SSSR count). The van der Waals surface area contributed by atoms with Crippen LogP contribution in [0.3, 0.4) is 0 Å². The molecular formula is C26H29N3O6. The second-order valence-corrected chi connectivity index (χ2v) is 8.98. The topological polar surface area (TPSA) is 125 Å². The van der Waals surface area contributed by atoms with Gasteiger partial charge in [0.2, 0.25) is 11.8 Å². The normalized spacial score (nSPS) is 18.6. The summed E-state index contributed by atoms with van der Waals surface area (Å²) in [5.41, 5.74) is 4.47. The van der Waals surface area contributed by atoms with E-state index in [9.17, 15) is 19.2 Å². The summed E-state index contributed by atoms with van der Waals surface area (Å²) in [5, 5.41) is 14.4. The third-order valence-corrected chi connectivity index (χ3v) is 6.81. The zero-order valence-corrected chi connectivity index (χ0v) is 19.7. The van der Waals surface area contributed by atoms with Crippen molar-refractivity contribution in [3.05, 3.63) is 59.7 Å². The Morgan fingerprint density at radius 3 is 2.29 bits per heavy atom. The lowest BCUT2D eigenvalue weighted by Gasteiger charge is -2.37. The van der Waals surface area contributed by atoms with E-state index in [4.69, 9.17) is 9.84 Å². The van der Waals surface area contributed by atoms with Crippen LogP contribution < -0.4 is 10.6 Å². The summed E-state index contributed by atoms with van der Waals surface area (Å²) in [6.45, 7) is 3.94. The molecular weight excluding hydrogens is 450 g/mol. The summed E-state index contributed by atoms with van der Waals surface area (Å²) in [6, 6.07) is 14.4. The van der Waals surface area contributed by atoms with E-state index in [-0.39, 0.29) is 25.6 Å². The van der Waals surface area contributed by atoms with Crippen LogP contribution in [0.15, 0.2) is 48.5 Å². The van der Waals surface area contributed by atoms with E-state index in [1.807, 2.05) is 36.4 Å². The monoisotopic (exact) mass is 479 g/mol. The number of piperazine rings is 1. The number of ether oxygens (including phenoxy) is 1. The molecule has 1 aliphatic carbocycles. The first-order valence-electron chi connectivity index (χ1n) is 11.7. The summed E-state index contributed by atoms with van der Waals surface area (Å²) < 4.78 is 5.56. The van der Waals surface area contributed by atoms with Gasteiger partial charge in [-0.3, -0.25) is 14.4 Å². The lowest BCUT2D eigenvalue weighted by molar-refractivity contribution is -0.150. The fraction of sp³-hybridized carbons (Fsp3) is 0.385. The van der Waals surface area contributed by atoms with Crippen LogP contribution >= 0.6 is 0 Å². The van der Waals surface area contributed by atoms with Crippen LogP contribution in [-0.2, 0) is 19.1 Å². The number of carbonyl (C=O) groups is 4. The molecule has 184 valence electrons. The maximum atomic E-state index is 13.1. The number of nitrogens with one attached hydrogen (secondary N) is 2. The molecule has 1 fully saturated rings. The average molecular weight is 480 g/mol. The van der Waals surface area contributed by atoms with Crippen molar-refractivity contribution in [2.75, 3.05) is 19.7 Å². The highest BCUT2D eigenvalue weighted by molar-refractivity contribution is 5.92. The highest BCUT2D eigenvalue weighted by atomic mass is 16.5. The van der Waals surface area contributed by atoms with E-state index in [1.165, 1.54) is 4.90 Å². The van der Waals surface area contributed by atoms with Gasteiger partial charge in [0.1, 0.15) is 12.6 Å². The molecule has 0 bridgehead atoms. The number of carboxylic acids is 1. The third-order valence-electron chi connectivity index (χ3n) is 6.81. The predicted molar refractivity (Wildman–Crippen MR) is 128 cm³/mol. The van der Waals surface area contributed by atoms with Crippen molar-refractivity contribution in [3.8, 4) is 11.1 Å². The lowest BCUT2D eigenvalue weighted by Crippen LogP contribution is -2.60. The molecule has 1 aliphatic heterocycles. The molecule has 9 heteroatoms. The Kier molecular flexibility index (Phi) is 7.04. The molecule has 0 aromatic heterocycles. The van der Waals surface area contributed by atoms with Crippen LogP contribution in [0.1, 0.15) is 37.3 Å². The molecule has 2 aromatic rings. The zero-order valence-electron chi connectivity index (χ0n) is 19.7. The van der Waals surface area contributed by atoms with Crippen molar-refractivity contribution < 1.29 is 29.0 Å². The summed E-state index contributed by atoms with van der Waals surface area (Å²) in [7, 11) is 0. The van der Waals surface area contributed by atoms with Crippen LogP contribution in [-0.4, -0.2) is 65.7 Å². The second kappa shape index (κ2) is 10.2. The van der Waals surface area contributed by atoms with E-state index in [0.717, 1.165) is 22.3 Å². The number of hydrogen-bond donors (Lipinski definition) is 3. The Hall–Kier alpha value is -3.88. The van der Waals surface area contributed by atoms with Gasteiger partial charge in [0.05, 0.1) is 12.3 Å². The molecule has 3 N–H and O–H groups in total. The number of carbonyl (C=O) groups excluding carboxylic acids is 3. The molecule has 1 heterocycles. The number of nitrogens with zero attached hydrogens (tertiary/aromatic N) is 1. The summed E-state index contributed by atoms with van der Waals surface area (Å²) in [5.74, 6) is -2.81. The minimum Gasteiger partial charge on any atom is -0.481 e. The summed E-state index contributed by atoms with van der Waals surface area (Å²) >= 11 is 0. The summed E-state index contributed by atoms with van der Waals surface area (Å²) in [6.07, 6.45) is -1.11. The third kappa shape index (κ3) is 4.99. The average Bonchev–Trinajstić information content (AvgIpc) is 3.16. The number of fused-ring (bicyclic) bond motifs is 3. The van der Waals surface area contributed by atoms with Gasteiger partial charge < -0.3 is 25.4 Å². The molecule has 2 aliphatic rings. The molecule has 0 spiro atoms. The van der Waals surface area contributed by atoms with Gasteiger partial charge >= 0.3 is 12.1 Å². The number of aliphatic carboxylic acids is 1. The Balaban J connectivity index is 1.37. The van der Waals surface area contributed by atoms with E-state index in [1.54, 1.807) is 13.8 Å². The first-order valence-corrected chi connectivity index (χ1v) is 11.7. The molecule has 2 aromatic carbocycles. The number of rotatable bonds is 7. The van der Waals surface area contributed by atoms with Crippen molar-refractivity contribution in [1.82, 2.24) is 15.5 Å². The molecule has 3 atom stereocenters. The molecule has 9 nitrogen and oxygen atoms in total. The maximum Gasteiger partial charge on any atom is 0.407 e. The smallest absolute Gasteiger partial charge is 0.407 e. The lowest BCUT2D eigenvalue weighted by atomic mass is 9.98. The minimum absolute atomic E-state index is 0.0776. The van der Waals surface area contributed by atoms with Gasteiger partial charge in [-0.05, 0) is 29.2 Å². The Morgan fingerprint density at radius 1 is 1.09 bits per heavy atom. The largest absolute Gasteiger partial charge is 0.481 e. The maximum absolute atomic E-state index is 13.1. The Morgan fingerprint density at radius 2 is 1.69 bits per heavy atom. The Labute approximate surface area is 203 Å². The van der Waals surface area contributed by atoms with Gasteiger partial charge in [-0.1, -0.05) is 55.5 Å². The molecule has 3 amide bonds. The van der Waals surface area contributed by atoms with Crippen LogP contribution in [0.25, 0.3) is 11.1 Å². The standard InChI is InChI=1S/C26H29N3O6/c1-15(25(33)29-12-11-27-24(32)22(29)13-23(30)31)16(2)28-26(34)35-14-21-19-9-5-3-7-17(19)18-8-4-6-10-20(18)21/h3-10,15-16,21-22H,11-14H2,1-2H3,(H,27,32)(H,28,34)(H,30,31). The predicted octanol–water partition coefficient (Wildman–Crippen LogP) is 2.35. The van der Waals surface area contributed by atoms with Gasteiger partial charge in [0.15, 0.2) is 0 Å². The number of carboxylic acid groups (broad SMARTS) is 1. The van der Waals surface area contributed by atoms with Crippen molar-refractivity contribution in [2.24, 2.45) is 5.92 Å². The van der Waals surface area contributed by atoms with Gasteiger partial charge in [-0.25, -0.2) is 4.79 Å². The fourth-order valence-corrected chi connectivity index (χ4v) is 4.77. The molecule has 35 heavy (non-hydrogen) atoms. The highest BCUT2D eigenvalue weighted by Gasteiger charge is 2.38. The Bertz CT molecular complexity index is 1100. The van der Waals surface area contributed by atoms with E-state index < -0.39 is 48.3 Å². The SMILES string of the molecule is CC(NC(=O)OCC1c2ccccc2-c2ccccc21)C(C)C(=O)N1CCNC(=O)C1CC(=O)O. The second-order valence-electron chi connectivity index (χ2n) is 8.98. The van der Waals surface area contributed by atoms with Gasteiger partial charge in [-0.15, -0.1) is 0 Å². The molecule has 1 saturated heterocycles. The van der Waals surface area contributed by atoms with Crippen LogP contribution in [0.5, 0.6) is 0 Å². The van der Waals surface area contributed by atoms with E-state index in [2.05, 4.69) is 22.8 Å². The van der Waals surface area contributed by atoms with Crippen molar-refractivity contribution in [2.45, 2.75) is 38.3 Å². The number of benzene rings is 2. The van der Waals surface area contributed by atoms with Gasteiger partial charge in [-0.2, -0.15) is 0 Å². The number of amides is 3. The quantitative estimate of drug-likeness (QED) is 0.560. The zero-order chi connectivity index (χ0) is 25.1. The molecule has 3 unspecified atom stereocenters. The van der Waals surface area contributed by atoms with Crippen molar-refractivity contribution in [3.63, 3.8) is 0 Å². The van der Waals surface area contributed by atoms with Crippen molar-refractivity contribution >= 4 is 23.9 Å². The minimum atomic E-state index is -1.16. The highest BCUT2D eigenvalue weighted by Crippen LogP contribution is 2.44. The molecule has 0 radical (unpaired) electrons. The van der Waals surface area contributed by atoms with Gasteiger partial charge in [0.25, 0.3) is 0 Å². The first kappa shape index (κ1) is 24.3. The van der Waals surface area contributed by atoms with Crippen LogP contribution in [0.2, 0.25) is 0 Å². The fourth-order valence-electron chi connectivity index (χ4n) is 4.77. The van der Waals surface area contributed by atoms with Crippen LogP contribution in [0, 0.1) is 5.92 Å².